The summed E-state index contributed by atoms with van der Waals surface area (Å²) >= 11 is 0. The van der Waals surface area contributed by atoms with Gasteiger partial charge in [0, 0.05) is 31.9 Å². The Morgan fingerprint density at radius 3 is 2.39 bits per heavy atom. The van der Waals surface area contributed by atoms with Crippen molar-refractivity contribution in [3.8, 4) is 5.75 Å². The van der Waals surface area contributed by atoms with Crippen LogP contribution < -0.4 is 9.64 Å². The zero-order chi connectivity index (χ0) is 16.9. The van der Waals surface area contributed by atoms with Crippen molar-refractivity contribution in [2.24, 2.45) is 0 Å². The fourth-order valence-corrected chi connectivity index (χ4v) is 2.60. The predicted octanol–water partition coefficient (Wildman–Crippen LogP) is 3.53. The van der Waals surface area contributed by atoms with E-state index in [9.17, 15) is 4.79 Å². The quantitative estimate of drug-likeness (QED) is 0.854. The van der Waals surface area contributed by atoms with Crippen LogP contribution in [0.4, 0.5) is 10.5 Å². The minimum atomic E-state index is -0.446. The summed E-state index contributed by atoms with van der Waals surface area (Å²) in [5.41, 5.74) is 0.720. The Bertz CT molecular complexity index is 508. The maximum atomic E-state index is 12.2. The maximum Gasteiger partial charge on any atom is 0.410 e. The molecule has 1 aromatic carbocycles. The molecule has 0 N–H and O–H groups in total. The fraction of sp³-hybridized carbons (Fsp3) is 0.611. The normalized spacial score (nSPS) is 16.0. The third-order valence-corrected chi connectivity index (χ3v) is 3.66. The molecule has 23 heavy (non-hydrogen) atoms. The Morgan fingerprint density at radius 1 is 1.09 bits per heavy atom. The van der Waals surface area contributed by atoms with E-state index in [2.05, 4.69) is 17.0 Å². The van der Waals surface area contributed by atoms with E-state index in [4.69, 9.17) is 9.47 Å². The first-order chi connectivity index (χ1) is 10.9. The van der Waals surface area contributed by atoms with Gasteiger partial charge in [-0.2, -0.15) is 0 Å². The molecule has 5 nitrogen and oxygen atoms in total. The van der Waals surface area contributed by atoms with Crippen molar-refractivity contribution in [1.82, 2.24) is 4.90 Å². The van der Waals surface area contributed by atoms with Crippen LogP contribution in [0.25, 0.3) is 0 Å². The van der Waals surface area contributed by atoms with Crippen molar-refractivity contribution >= 4 is 11.8 Å². The topological polar surface area (TPSA) is 42.0 Å². The standard InChI is InChI=1S/C18H28N2O3/c1-5-22-16-9-7-15(8-10-16)19-11-6-12-20(14-13-19)17(21)23-18(2,3)4/h7-10H,5-6,11-14H2,1-4H3. The predicted molar refractivity (Wildman–Crippen MR) is 92.2 cm³/mol. The summed E-state index contributed by atoms with van der Waals surface area (Å²) < 4.78 is 10.9. The van der Waals surface area contributed by atoms with E-state index < -0.39 is 5.60 Å². The summed E-state index contributed by atoms with van der Waals surface area (Å²) in [5.74, 6) is 0.890. The van der Waals surface area contributed by atoms with Gasteiger partial charge in [0.15, 0.2) is 0 Å². The molecular weight excluding hydrogens is 292 g/mol. The minimum Gasteiger partial charge on any atom is -0.494 e. The van der Waals surface area contributed by atoms with Crippen molar-refractivity contribution in [3.05, 3.63) is 24.3 Å². The van der Waals surface area contributed by atoms with Crippen LogP contribution in [0.5, 0.6) is 5.75 Å². The van der Waals surface area contributed by atoms with Gasteiger partial charge in [-0.25, -0.2) is 4.79 Å². The van der Waals surface area contributed by atoms with Crippen LogP contribution in [0, 0.1) is 0 Å². The van der Waals surface area contributed by atoms with E-state index >= 15 is 0 Å². The van der Waals surface area contributed by atoms with Gasteiger partial charge in [-0.1, -0.05) is 0 Å². The van der Waals surface area contributed by atoms with Crippen LogP contribution in [0.15, 0.2) is 24.3 Å². The molecule has 0 unspecified atom stereocenters. The first kappa shape index (κ1) is 17.4. The summed E-state index contributed by atoms with van der Waals surface area (Å²) in [6.07, 6.45) is 0.720. The van der Waals surface area contributed by atoms with Crippen LogP contribution in [0.1, 0.15) is 34.1 Å². The van der Waals surface area contributed by atoms with Crippen LogP contribution in [0.3, 0.4) is 0 Å². The molecule has 0 spiro atoms. The van der Waals surface area contributed by atoms with Gasteiger partial charge in [-0.05, 0) is 58.4 Å². The molecule has 0 bridgehead atoms. The number of amides is 1. The second-order valence-corrected chi connectivity index (χ2v) is 6.73. The molecule has 5 heteroatoms. The van der Waals surface area contributed by atoms with Gasteiger partial charge in [-0.15, -0.1) is 0 Å². The van der Waals surface area contributed by atoms with Crippen molar-refractivity contribution in [2.75, 3.05) is 37.7 Å². The minimum absolute atomic E-state index is 0.217. The molecule has 1 aliphatic rings. The fourth-order valence-electron chi connectivity index (χ4n) is 2.60. The Balaban J connectivity index is 1.94. The van der Waals surface area contributed by atoms with Crippen LogP contribution in [0.2, 0.25) is 0 Å². The zero-order valence-electron chi connectivity index (χ0n) is 14.7. The number of hydrogen-bond acceptors (Lipinski definition) is 4. The highest BCUT2D eigenvalue weighted by Crippen LogP contribution is 2.21. The summed E-state index contributed by atoms with van der Waals surface area (Å²) in [6, 6.07) is 8.15. The lowest BCUT2D eigenvalue weighted by molar-refractivity contribution is 0.0263. The second kappa shape index (κ2) is 7.57. The summed E-state index contributed by atoms with van der Waals surface area (Å²) in [7, 11) is 0. The van der Waals surface area contributed by atoms with Crippen LogP contribution >= 0.6 is 0 Å². The Kier molecular flexibility index (Phi) is 5.74. The molecular formula is C18H28N2O3. The number of rotatable bonds is 3. The zero-order valence-corrected chi connectivity index (χ0v) is 14.7. The first-order valence-electron chi connectivity index (χ1n) is 8.35. The third kappa shape index (κ3) is 5.34. The van der Waals surface area contributed by atoms with Gasteiger partial charge in [0.25, 0.3) is 0 Å². The molecule has 0 aromatic heterocycles. The van der Waals surface area contributed by atoms with Gasteiger partial charge >= 0.3 is 6.09 Å². The highest BCUT2D eigenvalue weighted by Gasteiger charge is 2.24. The summed E-state index contributed by atoms with van der Waals surface area (Å²) in [4.78, 5) is 16.3. The average molecular weight is 320 g/mol. The molecule has 1 aliphatic heterocycles. The smallest absolute Gasteiger partial charge is 0.410 e. The average Bonchev–Trinajstić information content (AvgIpc) is 2.73. The van der Waals surface area contributed by atoms with Gasteiger partial charge < -0.3 is 19.3 Å². The molecule has 1 saturated heterocycles. The number of nitrogens with zero attached hydrogens (tertiary/aromatic N) is 2. The highest BCUT2D eigenvalue weighted by molar-refractivity contribution is 5.68. The maximum absolute atomic E-state index is 12.2. The van der Waals surface area contributed by atoms with E-state index in [-0.39, 0.29) is 6.09 Å². The molecule has 1 fully saturated rings. The van der Waals surface area contributed by atoms with Gasteiger partial charge in [0.05, 0.1) is 6.61 Å². The molecule has 0 saturated carbocycles. The first-order valence-corrected chi connectivity index (χ1v) is 8.35. The van der Waals surface area contributed by atoms with Crippen molar-refractivity contribution in [1.29, 1.82) is 0 Å². The Morgan fingerprint density at radius 2 is 1.78 bits per heavy atom. The Labute approximate surface area is 139 Å². The molecule has 0 radical (unpaired) electrons. The molecule has 1 heterocycles. The van der Waals surface area contributed by atoms with Crippen LogP contribution in [-0.2, 0) is 4.74 Å². The number of carbonyl (C=O) groups excluding carboxylic acids is 1. The number of hydrogen-bond donors (Lipinski definition) is 0. The number of benzene rings is 1. The van der Waals surface area contributed by atoms with Crippen LogP contribution in [-0.4, -0.2) is 49.4 Å². The third-order valence-electron chi connectivity index (χ3n) is 3.66. The molecule has 128 valence electrons. The van der Waals surface area contributed by atoms with Gasteiger partial charge in [0.2, 0.25) is 0 Å². The lowest BCUT2D eigenvalue weighted by Crippen LogP contribution is -2.39. The lowest BCUT2D eigenvalue weighted by atomic mass is 10.2. The van der Waals surface area contributed by atoms with Crippen molar-refractivity contribution in [2.45, 2.75) is 39.7 Å². The van der Waals surface area contributed by atoms with Gasteiger partial charge in [0.1, 0.15) is 11.4 Å². The monoisotopic (exact) mass is 320 g/mol. The van der Waals surface area contributed by atoms with E-state index in [1.807, 2.05) is 39.8 Å². The SMILES string of the molecule is CCOc1ccc(N2CCCN(C(=O)OC(C)(C)C)CC2)cc1. The van der Waals surface area contributed by atoms with E-state index in [0.29, 0.717) is 13.2 Å². The molecule has 0 aliphatic carbocycles. The molecule has 1 amide bonds. The molecule has 1 aromatic rings. The molecule has 0 atom stereocenters. The number of carbonyl (C=O) groups is 1. The van der Waals surface area contributed by atoms with Crippen molar-refractivity contribution < 1.29 is 14.3 Å². The number of anilines is 1. The lowest BCUT2D eigenvalue weighted by Gasteiger charge is -2.27. The summed E-state index contributed by atoms with van der Waals surface area (Å²) in [5, 5.41) is 0. The highest BCUT2D eigenvalue weighted by atomic mass is 16.6. The van der Waals surface area contributed by atoms with E-state index in [1.165, 1.54) is 5.69 Å². The van der Waals surface area contributed by atoms with E-state index in [1.54, 1.807) is 4.90 Å². The van der Waals surface area contributed by atoms with E-state index in [0.717, 1.165) is 31.8 Å². The van der Waals surface area contributed by atoms with Crippen molar-refractivity contribution in [3.63, 3.8) is 0 Å². The van der Waals surface area contributed by atoms with Gasteiger partial charge in [-0.3, -0.25) is 0 Å². The largest absolute Gasteiger partial charge is 0.494 e. The molecule has 2 rings (SSSR count). The second-order valence-electron chi connectivity index (χ2n) is 6.73. The summed E-state index contributed by atoms with van der Waals surface area (Å²) in [6.45, 7) is 11.5. The number of ether oxygens (including phenoxy) is 2. The Hall–Kier alpha value is -1.91.